The molecular formula is C33H27N3. The van der Waals surface area contributed by atoms with Crippen molar-refractivity contribution in [2.45, 2.75) is 31.7 Å². The second-order valence-corrected chi connectivity index (χ2v) is 9.93. The first-order chi connectivity index (χ1) is 17.6. The number of rotatable bonds is 3. The Balaban J connectivity index is 1.52. The average Bonchev–Trinajstić information content (AvgIpc) is 2.94. The quantitative estimate of drug-likeness (QED) is 0.306. The average molecular weight is 466 g/mol. The molecule has 6 rings (SSSR count). The number of hydrogen-bond acceptors (Lipinski definition) is 3. The summed E-state index contributed by atoms with van der Waals surface area (Å²) in [5.74, 6) is 0. The predicted octanol–water partition coefficient (Wildman–Crippen LogP) is 8.21. The van der Waals surface area contributed by atoms with Crippen molar-refractivity contribution in [3.8, 4) is 17.2 Å². The number of nitriles is 1. The Bertz CT molecular complexity index is 1520. The summed E-state index contributed by atoms with van der Waals surface area (Å²) in [4.78, 5) is 6.68. The Morgan fingerprint density at radius 2 is 1.39 bits per heavy atom. The molecule has 2 aliphatic rings. The van der Waals surface area contributed by atoms with Crippen molar-refractivity contribution < 1.29 is 0 Å². The van der Waals surface area contributed by atoms with E-state index in [0.29, 0.717) is 6.42 Å². The SMILES string of the molecule is CC1(C)c2ccccc2N(c2ccccc2-c2cccc(C3=CC=NC(C#N)C3)c2)c2ccccc21. The molecule has 0 amide bonds. The molecule has 4 aromatic carbocycles. The van der Waals surface area contributed by atoms with Crippen LogP contribution in [-0.4, -0.2) is 12.3 Å². The van der Waals surface area contributed by atoms with Crippen LogP contribution < -0.4 is 4.90 Å². The number of anilines is 3. The minimum absolute atomic E-state index is 0.0924. The van der Waals surface area contributed by atoms with E-state index in [9.17, 15) is 5.26 Å². The molecule has 1 unspecified atom stereocenters. The third-order valence-corrected chi connectivity index (χ3v) is 7.43. The van der Waals surface area contributed by atoms with Crippen LogP contribution >= 0.6 is 0 Å². The van der Waals surface area contributed by atoms with Gasteiger partial charge in [0.05, 0.1) is 23.1 Å². The maximum Gasteiger partial charge on any atom is 0.140 e. The first-order valence-electron chi connectivity index (χ1n) is 12.4. The molecule has 36 heavy (non-hydrogen) atoms. The molecule has 2 aliphatic heterocycles. The summed E-state index contributed by atoms with van der Waals surface area (Å²) in [6, 6.07) is 36.8. The number of dihydropyridines is 1. The summed E-state index contributed by atoms with van der Waals surface area (Å²) in [6.07, 6.45) is 4.43. The normalized spacial score (nSPS) is 17.5. The van der Waals surface area contributed by atoms with Crippen LogP contribution in [0.4, 0.5) is 17.1 Å². The van der Waals surface area contributed by atoms with E-state index in [-0.39, 0.29) is 11.5 Å². The number of allylic oxidation sites excluding steroid dienone is 1. The van der Waals surface area contributed by atoms with E-state index >= 15 is 0 Å². The lowest BCUT2D eigenvalue weighted by molar-refractivity contribution is 0.632. The van der Waals surface area contributed by atoms with Crippen molar-refractivity contribution in [1.29, 1.82) is 5.26 Å². The zero-order chi connectivity index (χ0) is 24.7. The van der Waals surface area contributed by atoms with Crippen molar-refractivity contribution >= 4 is 28.8 Å². The Hall–Kier alpha value is -4.42. The van der Waals surface area contributed by atoms with E-state index < -0.39 is 0 Å². The number of aliphatic imine (C=N–C) groups is 1. The Labute approximate surface area is 212 Å². The largest absolute Gasteiger partial charge is 0.309 e. The lowest BCUT2D eigenvalue weighted by Crippen LogP contribution is -2.30. The standard InChI is InChI=1S/C33H27N3/c1-33(2)28-13-4-7-16-31(28)36(32-17-8-5-14-29(32)33)30-15-6-3-12-27(30)25-11-9-10-23(20-25)24-18-19-35-26(21-24)22-34/h3-20,26H,21H2,1-2H3. The molecule has 0 N–H and O–H groups in total. The van der Waals surface area contributed by atoms with Crippen LogP contribution in [0.25, 0.3) is 16.7 Å². The molecule has 0 radical (unpaired) electrons. The maximum atomic E-state index is 9.37. The third kappa shape index (κ3) is 3.54. The highest BCUT2D eigenvalue weighted by Crippen LogP contribution is 2.53. The molecule has 3 heteroatoms. The molecule has 0 saturated carbocycles. The van der Waals surface area contributed by atoms with Crippen LogP contribution in [0, 0.1) is 11.3 Å². The van der Waals surface area contributed by atoms with Gasteiger partial charge in [-0.25, -0.2) is 0 Å². The van der Waals surface area contributed by atoms with Crippen molar-refractivity contribution in [2.75, 3.05) is 4.90 Å². The molecule has 0 aromatic heterocycles. The van der Waals surface area contributed by atoms with E-state index in [2.05, 4.69) is 127 Å². The molecular weight excluding hydrogens is 438 g/mol. The Kier molecular flexibility index (Phi) is 5.31. The number of fused-ring (bicyclic) bond motifs is 2. The molecule has 0 bridgehead atoms. The molecule has 3 nitrogen and oxygen atoms in total. The van der Waals surface area contributed by atoms with Crippen LogP contribution in [0.1, 0.15) is 37.0 Å². The number of hydrogen-bond donors (Lipinski definition) is 0. The van der Waals surface area contributed by atoms with Crippen molar-refractivity contribution in [2.24, 2.45) is 4.99 Å². The van der Waals surface area contributed by atoms with Crippen LogP contribution in [0.15, 0.2) is 108 Å². The fourth-order valence-electron chi connectivity index (χ4n) is 5.59. The van der Waals surface area contributed by atoms with Crippen molar-refractivity contribution in [3.63, 3.8) is 0 Å². The second-order valence-electron chi connectivity index (χ2n) is 9.93. The Morgan fingerprint density at radius 1 is 0.778 bits per heavy atom. The molecule has 0 aliphatic carbocycles. The van der Waals surface area contributed by atoms with Crippen LogP contribution in [-0.2, 0) is 5.41 Å². The van der Waals surface area contributed by atoms with Gasteiger partial charge in [-0.3, -0.25) is 4.99 Å². The highest BCUT2D eigenvalue weighted by atomic mass is 15.2. The van der Waals surface area contributed by atoms with Gasteiger partial charge in [0.1, 0.15) is 6.04 Å². The summed E-state index contributed by atoms with van der Waals surface area (Å²) in [5.41, 5.74) is 10.7. The van der Waals surface area contributed by atoms with Crippen molar-refractivity contribution in [3.05, 3.63) is 120 Å². The summed E-state index contributed by atoms with van der Waals surface area (Å²) in [7, 11) is 0. The number of para-hydroxylation sites is 3. The molecule has 2 heterocycles. The maximum absolute atomic E-state index is 9.37. The van der Waals surface area contributed by atoms with Gasteiger partial charge in [0.25, 0.3) is 0 Å². The van der Waals surface area contributed by atoms with E-state index in [4.69, 9.17) is 0 Å². The zero-order valence-corrected chi connectivity index (χ0v) is 20.5. The van der Waals surface area contributed by atoms with Crippen molar-refractivity contribution in [1.82, 2.24) is 0 Å². The predicted molar refractivity (Wildman–Crippen MR) is 149 cm³/mol. The second kappa shape index (κ2) is 8.66. The van der Waals surface area contributed by atoms with Gasteiger partial charge in [0.15, 0.2) is 0 Å². The monoisotopic (exact) mass is 465 g/mol. The van der Waals surface area contributed by atoms with Gasteiger partial charge < -0.3 is 4.90 Å². The highest BCUT2D eigenvalue weighted by molar-refractivity contribution is 5.93. The van der Waals surface area contributed by atoms with E-state index in [1.54, 1.807) is 6.21 Å². The van der Waals surface area contributed by atoms with Gasteiger partial charge in [-0.1, -0.05) is 86.6 Å². The minimum Gasteiger partial charge on any atom is -0.309 e. The van der Waals surface area contributed by atoms with Crippen LogP contribution in [0.3, 0.4) is 0 Å². The fraction of sp³-hybridized carbons (Fsp3) is 0.152. The fourth-order valence-corrected chi connectivity index (χ4v) is 5.59. The first kappa shape index (κ1) is 22.1. The minimum atomic E-state index is -0.314. The Morgan fingerprint density at radius 3 is 2.08 bits per heavy atom. The van der Waals surface area contributed by atoms with E-state index in [0.717, 1.165) is 22.4 Å². The van der Waals surface area contributed by atoms with Gasteiger partial charge in [-0.2, -0.15) is 5.26 Å². The molecule has 4 aromatic rings. The van der Waals surface area contributed by atoms with Crippen LogP contribution in [0.5, 0.6) is 0 Å². The van der Waals surface area contributed by atoms with Gasteiger partial charge >= 0.3 is 0 Å². The first-order valence-corrected chi connectivity index (χ1v) is 12.4. The highest BCUT2D eigenvalue weighted by Gasteiger charge is 2.36. The third-order valence-electron chi connectivity index (χ3n) is 7.43. The molecule has 174 valence electrons. The number of nitrogens with zero attached hydrogens (tertiary/aromatic N) is 3. The van der Waals surface area contributed by atoms with E-state index in [1.807, 2.05) is 6.08 Å². The van der Waals surface area contributed by atoms with Gasteiger partial charge in [-0.05, 0) is 58.2 Å². The topological polar surface area (TPSA) is 39.4 Å². The van der Waals surface area contributed by atoms with Gasteiger partial charge in [-0.15, -0.1) is 0 Å². The molecule has 0 fully saturated rings. The molecule has 0 saturated heterocycles. The summed E-state index contributed by atoms with van der Waals surface area (Å²) in [5, 5.41) is 9.37. The molecule has 0 spiro atoms. The smallest absolute Gasteiger partial charge is 0.140 e. The van der Waals surface area contributed by atoms with Gasteiger partial charge in [0.2, 0.25) is 0 Å². The summed E-state index contributed by atoms with van der Waals surface area (Å²) < 4.78 is 0. The zero-order valence-electron chi connectivity index (χ0n) is 20.5. The molecule has 1 atom stereocenters. The lowest BCUT2D eigenvalue weighted by atomic mass is 9.73. The number of benzene rings is 4. The summed E-state index contributed by atoms with van der Waals surface area (Å²) >= 11 is 0. The lowest BCUT2D eigenvalue weighted by Gasteiger charge is -2.42. The summed E-state index contributed by atoms with van der Waals surface area (Å²) in [6.45, 7) is 4.63. The van der Waals surface area contributed by atoms with Gasteiger partial charge in [0, 0.05) is 23.6 Å². The van der Waals surface area contributed by atoms with Crippen LogP contribution in [0.2, 0.25) is 0 Å². The van der Waals surface area contributed by atoms with E-state index in [1.165, 1.54) is 28.1 Å².